The van der Waals surface area contributed by atoms with Gasteiger partial charge in [-0.25, -0.2) is 0 Å². The minimum atomic E-state index is -0.0955. The number of benzene rings is 2. The van der Waals surface area contributed by atoms with Gasteiger partial charge in [-0.15, -0.1) is 0 Å². The van der Waals surface area contributed by atoms with Gasteiger partial charge in [-0.2, -0.15) is 0 Å². The number of hydrogen-bond acceptors (Lipinski definition) is 4. The van der Waals surface area contributed by atoms with E-state index in [1.165, 1.54) is 5.69 Å². The fourth-order valence-corrected chi connectivity index (χ4v) is 3.83. The van der Waals surface area contributed by atoms with E-state index in [1.807, 2.05) is 30.3 Å². The lowest BCUT2D eigenvalue weighted by molar-refractivity contribution is -0.116. The summed E-state index contributed by atoms with van der Waals surface area (Å²) < 4.78 is 12.0. The van der Waals surface area contributed by atoms with Crippen LogP contribution >= 0.6 is 15.9 Å². The molecule has 0 aromatic heterocycles. The molecule has 0 saturated carbocycles. The average Bonchev–Trinajstić information content (AvgIpc) is 3.24. The molecule has 0 bridgehead atoms. The smallest absolute Gasteiger partial charge is 0.244 e. The number of hydrogen-bond donors (Lipinski definition) is 1. The van der Waals surface area contributed by atoms with E-state index in [-0.39, 0.29) is 5.91 Å². The number of halogens is 1. The predicted molar refractivity (Wildman–Crippen MR) is 125 cm³/mol. The van der Waals surface area contributed by atoms with Gasteiger partial charge in [0.25, 0.3) is 0 Å². The number of methoxy groups -OCH3 is 1. The monoisotopic (exact) mass is 470 g/mol. The van der Waals surface area contributed by atoms with Gasteiger partial charge in [-0.3, -0.25) is 4.79 Å². The van der Waals surface area contributed by atoms with Crippen LogP contribution in [0.4, 0.5) is 5.69 Å². The van der Waals surface area contributed by atoms with Gasteiger partial charge in [0.2, 0.25) is 5.91 Å². The second kappa shape index (κ2) is 10.9. The molecule has 6 heteroatoms. The van der Waals surface area contributed by atoms with E-state index in [0.717, 1.165) is 29.5 Å². The molecule has 1 atom stereocenters. The highest BCUT2D eigenvalue weighted by atomic mass is 79.9. The van der Waals surface area contributed by atoms with Gasteiger partial charge >= 0.3 is 0 Å². The van der Waals surface area contributed by atoms with Crippen molar-refractivity contribution in [2.24, 2.45) is 5.92 Å². The number of carbonyl (C=O) groups is 1. The van der Waals surface area contributed by atoms with E-state index in [4.69, 9.17) is 9.47 Å². The zero-order valence-electron chi connectivity index (χ0n) is 17.1. The summed E-state index contributed by atoms with van der Waals surface area (Å²) in [5, 5.41) is 3.02. The van der Waals surface area contributed by atoms with Crippen molar-refractivity contribution < 1.29 is 14.3 Å². The Balaban J connectivity index is 1.49. The van der Waals surface area contributed by atoms with Gasteiger partial charge in [-0.05, 0) is 54.3 Å². The predicted octanol–water partition coefficient (Wildman–Crippen LogP) is 4.68. The first-order valence-electron chi connectivity index (χ1n) is 9.97. The van der Waals surface area contributed by atoms with Gasteiger partial charge in [0.15, 0.2) is 11.5 Å². The summed E-state index contributed by atoms with van der Waals surface area (Å²) in [6.45, 7) is 6.68. The first-order chi connectivity index (χ1) is 14.6. The highest BCUT2D eigenvalue weighted by Crippen LogP contribution is 2.29. The fourth-order valence-electron chi connectivity index (χ4n) is 3.44. The molecule has 158 valence electrons. The van der Waals surface area contributed by atoms with Crippen molar-refractivity contribution in [3.8, 4) is 11.5 Å². The Kier molecular flexibility index (Phi) is 7.97. The zero-order chi connectivity index (χ0) is 21.3. The van der Waals surface area contributed by atoms with Crippen molar-refractivity contribution in [3.63, 3.8) is 0 Å². The third-order valence-corrected chi connectivity index (χ3v) is 5.49. The van der Waals surface area contributed by atoms with Crippen LogP contribution in [-0.4, -0.2) is 39.3 Å². The molecule has 0 spiro atoms. The standard InChI is InChI=1S/C24H27BrN2O3/c1-3-13-30-22-9-7-18(14-23(22)29-2)8-10-24(28)26-16-19-11-12-27(17-19)21-6-4-5-20(25)15-21/h3-10,14-15,19H,1,11-13,16-17H2,2H3,(H,26,28)/b10-8+. The Labute approximate surface area is 186 Å². The largest absolute Gasteiger partial charge is 0.493 e. The Bertz CT molecular complexity index is 913. The third kappa shape index (κ3) is 6.13. The number of rotatable bonds is 9. The first-order valence-corrected chi connectivity index (χ1v) is 10.8. The molecular formula is C24H27BrN2O3. The Hall–Kier alpha value is -2.73. The van der Waals surface area contributed by atoms with Gasteiger partial charge < -0.3 is 19.7 Å². The topological polar surface area (TPSA) is 50.8 Å². The molecule has 1 saturated heterocycles. The molecule has 3 rings (SSSR count). The molecule has 1 fully saturated rings. The highest BCUT2D eigenvalue weighted by Gasteiger charge is 2.22. The average molecular weight is 471 g/mol. The van der Waals surface area contributed by atoms with Crippen LogP contribution in [0.1, 0.15) is 12.0 Å². The van der Waals surface area contributed by atoms with Crippen LogP contribution in [0.15, 0.2) is 65.7 Å². The van der Waals surface area contributed by atoms with Crippen LogP contribution in [0.5, 0.6) is 11.5 Å². The van der Waals surface area contributed by atoms with Crippen LogP contribution in [0, 0.1) is 5.92 Å². The highest BCUT2D eigenvalue weighted by molar-refractivity contribution is 9.10. The summed E-state index contributed by atoms with van der Waals surface area (Å²) in [5.41, 5.74) is 2.09. The minimum absolute atomic E-state index is 0.0955. The lowest BCUT2D eigenvalue weighted by atomic mass is 10.1. The van der Waals surface area contributed by atoms with Crippen molar-refractivity contribution in [2.45, 2.75) is 6.42 Å². The Morgan fingerprint density at radius 3 is 2.93 bits per heavy atom. The van der Waals surface area contributed by atoms with Crippen molar-refractivity contribution in [1.82, 2.24) is 5.32 Å². The molecule has 1 unspecified atom stereocenters. The summed E-state index contributed by atoms with van der Waals surface area (Å²) in [7, 11) is 1.59. The zero-order valence-corrected chi connectivity index (χ0v) is 18.7. The Morgan fingerprint density at radius 2 is 2.17 bits per heavy atom. The lowest BCUT2D eigenvalue weighted by Crippen LogP contribution is -2.29. The Morgan fingerprint density at radius 1 is 1.30 bits per heavy atom. The van der Waals surface area contributed by atoms with Crippen molar-refractivity contribution >= 4 is 33.6 Å². The first kappa shape index (κ1) is 22.0. The quantitative estimate of drug-likeness (QED) is 0.427. The van der Waals surface area contributed by atoms with Crippen LogP contribution < -0.4 is 19.7 Å². The third-order valence-electron chi connectivity index (χ3n) is 5.00. The van der Waals surface area contributed by atoms with Crippen molar-refractivity contribution in [1.29, 1.82) is 0 Å². The van der Waals surface area contributed by atoms with Crippen LogP contribution in [0.3, 0.4) is 0 Å². The number of nitrogens with one attached hydrogen (secondary N) is 1. The minimum Gasteiger partial charge on any atom is -0.493 e. The van der Waals surface area contributed by atoms with E-state index in [1.54, 1.807) is 25.3 Å². The molecule has 0 radical (unpaired) electrons. The number of amides is 1. The second-order valence-electron chi connectivity index (χ2n) is 7.17. The van der Waals surface area contributed by atoms with Gasteiger partial charge in [0.1, 0.15) is 6.61 Å². The van der Waals surface area contributed by atoms with E-state index in [9.17, 15) is 4.79 Å². The van der Waals surface area contributed by atoms with Crippen LogP contribution in [0.25, 0.3) is 6.08 Å². The number of anilines is 1. The van der Waals surface area contributed by atoms with E-state index in [2.05, 4.69) is 44.9 Å². The summed E-state index contributed by atoms with van der Waals surface area (Å²) in [4.78, 5) is 14.6. The van der Waals surface area contributed by atoms with Gasteiger partial charge in [0, 0.05) is 35.9 Å². The van der Waals surface area contributed by atoms with Gasteiger partial charge in [0.05, 0.1) is 7.11 Å². The van der Waals surface area contributed by atoms with E-state index >= 15 is 0 Å². The number of nitrogens with zero attached hydrogens (tertiary/aromatic N) is 1. The summed E-state index contributed by atoms with van der Waals surface area (Å²) >= 11 is 3.52. The molecule has 30 heavy (non-hydrogen) atoms. The summed E-state index contributed by atoms with van der Waals surface area (Å²) in [6.07, 6.45) is 6.08. The fraction of sp³-hybridized carbons (Fsp3) is 0.292. The molecular weight excluding hydrogens is 444 g/mol. The summed E-state index contributed by atoms with van der Waals surface area (Å²) in [6, 6.07) is 13.9. The van der Waals surface area contributed by atoms with Gasteiger partial charge in [-0.1, -0.05) is 40.7 Å². The molecule has 1 aliphatic rings. The number of ether oxygens (including phenoxy) is 2. The lowest BCUT2D eigenvalue weighted by Gasteiger charge is -2.19. The molecule has 2 aromatic rings. The van der Waals surface area contributed by atoms with Crippen LogP contribution in [-0.2, 0) is 4.79 Å². The van der Waals surface area contributed by atoms with Crippen molar-refractivity contribution in [3.05, 3.63) is 71.2 Å². The maximum absolute atomic E-state index is 12.2. The van der Waals surface area contributed by atoms with Crippen LogP contribution in [0.2, 0.25) is 0 Å². The molecule has 0 aliphatic carbocycles. The maximum Gasteiger partial charge on any atom is 0.244 e. The normalized spacial score (nSPS) is 15.9. The molecule has 5 nitrogen and oxygen atoms in total. The van der Waals surface area contributed by atoms with E-state index in [0.29, 0.717) is 30.6 Å². The van der Waals surface area contributed by atoms with Crippen molar-refractivity contribution in [2.75, 3.05) is 38.3 Å². The molecule has 1 amide bonds. The second-order valence-corrected chi connectivity index (χ2v) is 8.08. The van der Waals surface area contributed by atoms with E-state index < -0.39 is 0 Å². The molecule has 1 heterocycles. The SMILES string of the molecule is C=CCOc1ccc(/C=C/C(=O)NCC2CCN(c3cccc(Br)c3)C2)cc1OC. The summed E-state index contributed by atoms with van der Waals surface area (Å²) in [5.74, 6) is 1.62. The number of carbonyl (C=O) groups excluding carboxylic acids is 1. The molecule has 2 aromatic carbocycles. The molecule has 1 N–H and O–H groups in total. The molecule has 1 aliphatic heterocycles. The maximum atomic E-state index is 12.2.